The fourth-order valence-corrected chi connectivity index (χ4v) is 2.81. The van der Waals surface area contributed by atoms with Gasteiger partial charge in [0.15, 0.2) is 0 Å². The second-order valence-corrected chi connectivity index (χ2v) is 5.86. The SMILES string of the molecule is N#Cc1ccc(N(c2cc(C(F)(F)F)ccc2C(=O)Cl)S(=O)O)cc1. The van der Waals surface area contributed by atoms with E-state index >= 15 is 0 Å². The van der Waals surface area contributed by atoms with Crippen molar-refractivity contribution >= 4 is 39.5 Å². The molecule has 0 aliphatic heterocycles. The average molecular weight is 389 g/mol. The van der Waals surface area contributed by atoms with Crippen LogP contribution in [0.15, 0.2) is 42.5 Å². The van der Waals surface area contributed by atoms with Crippen LogP contribution in [0, 0.1) is 11.3 Å². The van der Waals surface area contributed by atoms with Crippen molar-refractivity contribution in [3.8, 4) is 6.07 Å². The fraction of sp³-hybridized carbons (Fsp3) is 0.0667. The van der Waals surface area contributed by atoms with Gasteiger partial charge in [-0.25, -0.2) is 8.51 Å². The van der Waals surface area contributed by atoms with Crippen molar-refractivity contribution in [1.82, 2.24) is 0 Å². The van der Waals surface area contributed by atoms with E-state index in [4.69, 9.17) is 16.9 Å². The Kier molecular flexibility index (Phi) is 5.47. The molecule has 1 N–H and O–H groups in total. The molecule has 0 aliphatic carbocycles. The second kappa shape index (κ2) is 7.23. The molecule has 25 heavy (non-hydrogen) atoms. The lowest BCUT2D eigenvalue weighted by Gasteiger charge is -2.23. The van der Waals surface area contributed by atoms with Gasteiger partial charge in [-0.2, -0.15) is 18.4 Å². The van der Waals surface area contributed by atoms with Gasteiger partial charge in [-0.3, -0.25) is 9.35 Å². The minimum Gasteiger partial charge on any atom is -0.289 e. The molecule has 2 aromatic rings. The smallest absolute Gasteiger partial charge is 0.289 e. The zero-order chi connectivity index (χ0) is 18.8. The molecule has 130 valence electrons. The Morgan fingerprint density at radius 1 is 1.20 bits per heavy atom. The van der Waals surface area contributed by atoms with Gasteiger partial charge >= 0.3 is 6.18 Å². The molecule has 0 saturated heterocycles. The lowest BCUT2D eigenvalue weighted by atomic mass is 10.1. The molecule has 0 spiro atoms. The van der Waals surface area contributed by atoms with Crippen LogP contribution in [-0.2, 0) is 17.4 Å². The van der Waals surface area contributed by atoms with Crippen molar-refractivity contribution in [2.45, 2.75) is 6.18 Å². The summed E-state index contributed by atoms with van der Waals surface area (Å²) in [6.07, 6.45) is -4.73. The van der Waals surface area contributed by atoms with Crippen LogP contribution in [0.5, 0.6) is 0 Å². The summed E-state index contributed by atoms with van der Waals surface area (Å²) in [7, 11) is 0. The topological polar surface area (TPSA) is 81.4 Å². The lowest BCUT2D eigenvalue weighted by molar-refractivity contribution is -0.137. The molecule has 5 nitrogen and oxygen atoms in total. The summed E-state index contributed by atoms with van der Waals surface area (Å²) in [4.78, 5) is 11.5. The number of carbonyl (C=O) groups is 1. The maximum atomic E-state index is 13.0. The third-order valence-electron chi connectivity index (χ3n) is 3.14. The van der Waals surface area contributed by atoms with Gasteiger partial charge in [0, 0.05) is 0 Å². The third-order valence-corrected chi connectivity index (χ3v) is 4.07. The molecule has 2 aromatic carbocycles. The summed E-state index contributed by atoms with van der Waals surface area (Å²) in [5, 5.41) is 7.69. The molecule has 10 heteroatoms. The van der Waals surface area contributed by atoms with E-state index < -0.39 is 33.9 Å². The number of hydrogen-bond donors (Lipinski definition) is 1. The van der Waals surface area contributed by atoms with Gasteiger partial charge in [0.1, 0.15) is 0 Å². The number of anilines is 2. The standard InChI is InChI=1S/C15H8ClF3N2O3S/c16-14(22)12-6-3-10(15(17,18)19)7-13(12)21(25(23)24)11-4-1-9(8-20)2-5-11/h1-7H,(H,23,24). The predicted octanol–water partition coefficient (Wildman–Crippen LogP) is 4.23. The molecule has 0 aliphatic rings. The highest BCUT2D eigenvalue weighted by Crippen LogP contribution is 2.37. The van der Waals surface area contributed by atoms with E-state index in [-0.39, 0.29) is 16.8 Å². The quantitative estimate of drug-likeness (QED) is 0.627. The van der Waals surface area contributed by atoms with Crippen LogP contribution in [0.3, 0.4) is 0 Å². The summed E-state index contributed by atoms with van der Waals surface area (Å²) in [6, 6.07) is 9.02. The molecule has 0 amide bonds. The van der Waals surface area contributed by atoms with Crippen molar-refractivity contribution in [2.24, 2.45) is 0 Å². The number of nitrogens with zero attached hydrogens (tertiary/aromatic N) is 2. The maximum Gasteiger partial charge on any atom is 0.416 e. The van der Waals surface area contributed by atoms with Crippen molar-refractivity contribution in [3.63, 3.8) is 0 Å². The highest BCUT2D eigenvalue weighted by atomic mass is 35.5. The summed E-state index contributed by atoms with van der Waals surface area (Å²) in [6.45, 7) is 0. The molecular weight excluding hydrogens is 381 g/mol. The Morgan fingerprint density at radius 2 is 1.80 bits per heavy atom. The summed E-state index contributed by atoms with van der Waals surface area (Å²) < 4.78 is 60.7. The summed E-state index contributed by atoms with van der Waals surface area (Å²) in [5.74, 6) is 0. The molecule has 1 unspecified atom stereocenters. The Bertz CT molecular complexity index is 879. The molecule has 1 atom stereocenters. The van der Waals surface area contributed by atoms with E-state index in [9.17, 15) is 26.7 Å². The molecule has 0 heterocycles. The zero-order valence-corrected chi connectivity index (χ0v) is 13.7. The van der Waals surface area contributed by atoms with Gasteiger partial charge in [0.2, 0.25) is 0 Å². The van der Waals surface area contributed by atoms with Crippen molar-refractivity contribution in [1.29, 1.82) is 5.26 Å². The van der Waals surface area contributed by atoms with Crippen LogP contribution < -0.4 is 4.31 Å². The molecule has 0 bridgehead atoms. The first-order chi connectivity index (χ1) is 11.6. The summed E-state index contributed by atoms with van der Waals surface area (Å²) >= 11 is 2.58. The third kappa shape index (κ3) is 4.17. The van der Waals surface area contributed by atoms with Crippen molar-refractivity contribution < 1.29 is 26.7 Å². The number of benzene rings is 2. The second-order valence-electron chi connectivity index (χ2n) is 4.69. The first kappa shape index (κ1) is 18.9. The van der Waals surface area contributed by atoms with Crippen LogP contribution in [0.1, 0.15) is 21.5 Å². The van der Waals surface area contributed by atoms with Gasteiger partial charge in [-0.1, -0.05) is 0 Å². The molecule has 0 aromatic heterocycles. The van der Waals surface area contributed by atoms with Crippen molar-refractivity contribution in [3.05, 3.63) is 59.2 Å². The van der Waals surface area contributed by atoms with Gasteiger partial charge in [0.25, 0.3) is 16.5 Å². The minimum absolute atomic E-state index is 0.00155. The van der Waals surface area contributed by atoms with E-state index in [1.54, 1.807) is 0 Å². The Hall–Kier alpha value is -2.41. The first-order valence-electron chi connectivity index (χ1n) is 6.47. The molecular formula is C15H8ClF3N2O3S. The maximum absolute atomic E-state index is 13.0. The van der Waals surface area contributed by atoms with E-state index in [1.165, 1.54) is 24.3 Å². The van der Waals surface area contributed by atoms with Crippen LogP contribution in [-0.4, -0.2) is 14.0 Å². The number of carbonyl (C=O) groups excluding carboxylic acids is 1. The van der Waals surface area contributed by atoms with E-state index in [1.807, 2.05) is 6.07 Å². The van der Waals surface area contributed by atoms with Crippen LogP contribution in [0.4, 0.5) is 24.5 Å². The van der Waals surface area contributed by atoms with Gasteiger partial charge in [-0.05, 0) is 54.1 Å². The van der Waals surface area contributed by atoms with Crippen molar-refractivity contribution in [2.75, 3.05) is 4.31 Å². The molecule has 2 rings (SSSR count). The van der Waals surface area contributed by atoms with Gasteiger partial charge in [0.05, 0.1) is 34.1 Å². The monoisotopic (exact) mass is 388 g/mol. The number of hydrogen-bond acceptors (Lipinski definition) is 3. The Morgan fingerprint density at radius 3 is 2.24 bits per heavy atom. The van der Waals surface area contributed by atoms with E-state index in [0.29, 0.717) is 16.4 Å². The number of nitriles is 1. The predicted molar refractivity (Wildman–Crippen MR) is 85.7 cm³/mol. The van der Waals surface area contributed by atoms with Crippen LogP contribution >= 0.6 is 11.6 Å². The Labute approximate surface area is 147 Å². The van der Waals surface area contributed by atoms with E-state index in [0.717, 1.165) is 6.07 Å². The Balaban J connectivity index is 2.69. The fourth-order valence-electron chi connectivity index (χ4n) is 2.03. The zero-order valence-electron chi connectivity index (χ0n) is 12.1. The first-order valence-corrected chi connectivity index (χ1v) is 7.91. The molecule has 0 radical (unpaired) electrons. The average Bonchev–Trinajstić information content (AvgIpc) is 2.54. The van der Waals surface area contributed by atoms with Crippen LogP contribution in [0.25, 0.3) is 0 Å². The lowest BCUT2D eigenvalue weighted by Crippen LogP contribution is -2.22. The van der Waals surface area contributed by atoms with Crippen LogP contribution in [0.2, 0.25) is 0 Å². The molecule has 0 fully saturated rings. The van der Waals surface area contributed by atoms with Gasteiger partial charge < -0.3 is 0 Å². The highest BCUT2D eigenvalue weighted by molar-refractivity contribution is 7.81. The number of alkyl halides is 3. The summed E-state index contributed by atoms with van der Waals surface area (Å²) in [5.41, 5.74) is -1.74. The largest absolute Gasteiger partial charge is 0.416 e. The van der Waals surface area contributed by atoms with E-state index in [2.05, 4.69) is 0 Å². The molecule has 0 saturated carbocycles. The normalized spacial score (nSPS) is 12.3. The number of rotatable bonds is 4. The number of halogens is 4. The highest BCUT2D eigenvalue weighted by Gasteiger charge is 2.33. The minimum atomic E-state index is -4.73. The van der Waals surface area contributed by atoms with Gasteiger partial charge in [-0.15, -0.1) is 0 Å².